The lowest BCUT2D eigenvalue weighted by Crippen LogP contribution is -1.98. The number of benzene rings is 1. The highest BCUT2D eigenvalue weighted by Gasteiger charge is 2.12. The number of carboxylic acid groups (broad SMARTS) is 1. The first-order valence-electron chi connectivity index (χ1n) is 5.29. The fraction of sp³-hybridized carbons (Fsp3) is 0.0833. The van der Waals surface area contributed by atoms with E-state index in [9.17, 15) is 4.79 Å². The van der Waals surface area contributed by atoms with Crippen LogP contribution < -0.4 is 0 Å². The Kier molecular flexibility index (Phi) is 2.16. The van der Waals surface area contributed by atoms with Crippen LogP contribution in [0.3, 0.4) is 0 Å². The minimum absolute atomic E-state index is 0.172. The molecule has 0 spiro atoms. The molecule has 2 N–H and O–H groups in total. The standard InChI is InChI=1S/C12H9N3O3/c1-6-5-18-9-3-2-7(4-8(6)9)10-13-11(12(16)17)15-14-10/h2-5H,1H3,(H,16,17)(H,13,14,15). The molecular formula is C12H9N3O3. The molecule has 2 heterocycles. The number of nitrogens with one attached hydrogen (secondary N) is 1. The van der Waals surface area contributed by atoms with Gasteiger partial charge in [0.1, 0.15) is 5.58 Å². The second-order valence-corrected chi connectivity index (χ2v) is 3.94. The summed E-state index contributed by atoms with van der Waals surface area (Å²) in [6.45, 7) is 1.94. The van der Waals surface area contributed by atoms with E-state index in [1.807, 2.05) is 19.1 Å². The molecule has 0 aliphatic carbocycles. The number of aromatic nitrogens is 3. The van der Waals surface area contributed by atoms with Crippen LogP contribution in [-0.2, 0) is 0 Å². The number of hydrogen-bond acceptors (Lipinski definition) is 4. The summed E-state index contributed by atoms with van der Waals surface area (Å²) in [5.74, 6) is -0.946. The zero-order chi connectivity index (χ0) is 12.7. The minimum atomic E-state index is -1.13. The van der Waals surface area contributed by atoms with Crippen LogP contribution in [0.1, 0.15) is 16.2 Å². The van der Waals surface area contributed by atoms with Gasteiger partial charge in [0, 0.05) is 10.9 Å². The lowest BCUT2D eigenvalue weighted by molar-refractivity contribution is 0.0684. The Morgan fingerprint density at radius 1 is 1.44 bits per heavy atom. The maximum atomic E-state index is 10.7. The number of fused-ring (bicyclic) bond motifs is 1. The summed E-state index contributed by atoms with van der Waals surface area (Å²) in [5.41, 5.74) is 2.54. The second kappa shape index (κ2) is 3.69. The first-order chi connectivity index (χ1) is 8.65. The smallest absolute Gasteiger partial charge is 0.373 e. The highest BCUT2D eigenvalue weighted by atomic mass is 16.4. The molecule has 3 aromatic rings. The van der Waals surface area contributed by atoms with Crippen molar-refractivity contribution in [3.05, 3.63) is 35.9 Å². The Morgan fingerprint density at radius 2 is 2.28 bits per heavy atom. The fourth-order valence-electron chi connectivity index (χ4n) is 1.78. The van der Waals surface area contributed by atoms with Crippen LogP contribution in [0.15, 0.2) is 28.9 Å². The minimum Gasteiger partial charge on any atom is -0.475 e. The van der Waals surface area contributed by atoms with Crippen molar-refractivity contribution in [1.29, 1.82) is 0 Å². The molecule has 0 amide bonds. The molecule has 18 heavy (non-hydrogen) atoms. The molecule has 0 saturated carbocycles. The van der Waals surface area contributed by atoms with Crippen molar-refractivity contribution in [2.75, 3.05) is 0 Å². The van der Waals surface area contributed by atoms with E-state index in [-0.39, 0.29) is 5.82 Å². The van der Waals surface area contributed by atoms with Gasteiger partial charge in [-0.1, -0.05) is 0 Å². The number of furan rings is 1. The molecule has 0 atom stereocenters. The van der Waals surface area contributed by atoms with E-state index in [0.717, 1.165) is 22.1 Å². The Morgan fingerprint density at radius 3 is 3.00 bits per heavy atom. The lowest BCUT2D eigenvalue weighted by Gasteiger charge is -1.95. The zero-order valence-electron chi connectivity index (χ0n) is 9.47. The van der Waals surface area contributed by atoms with Crippen LogP contribution in [0.4, 0.5) is 0 Å². The van der Waals surface area contributed by atoms with Crippen LogP contribution in [0.2, 0.25) is 0 Å². The van der Waals surface area contributed by atoms with Gasteiger partial charge >= 0.3 is 5.97 Å². The number of carboxylic acids is 1. The molecule has 2 aromatic heterocycles. The van der Waals surface area contributed by atoms with Gasteiger partial charge in [0.2, 0.25) is 5.82 Å². The number of nitrogens with zero attached hydrogens (tertiary/aromatic N) is 2. The van der Waals surface area contributed by atoms with Gasteiger partial charge < -0.3 is 9.52 Å². The van der Waals surface area contributed by atoms with Gasteiger partial charge in [-0.3, -0.25) is 5.10 Å². The first-order valence-corrected chi connectivity index (χ1v) is 5.29. The third kappa shape index (κ3) is 1.55. The molecule has 6 nitrogen and oxygen atoms in total. The van der Waals surface area contributed by atoms with Gasteiger partial charge in [-0.05, 0) is 30.7 Å². The van der Waals surface area contributed by atoms with Crippen LogP contribution >= 0.6 is 0 Å². The summed E-state index contributed by atoms with van der Waals surface area (Å²) in [5, 5.41) is 16.0. The van der Waals surface area contributed by atoms with E-state index in [1.165, 1.54) is 0 Å². The van der Waals surface area contributed by atoms with Gasteiger partial charge in [0.05, 0.1) is 6.26 Å². The topological polar surface area (TPSA) is 92.0 Å². The Balaban J connectivity index is 2.12. The summed E-state index contributed by atoms with van der Waals surface area (Å²) >= 11 is 0. The summed E-state index contributed by atoms with van der Waals surface area (Å²) in [4.78, 5) is 14.6. The van der Waals surface area contributed by atoms with Crippen molar-refractivity contribution in [2.45, 2.75) is 6.92 Å². The van der Waals surface area contributed by atoms with E-state index in [4.69, 9.17) is 9.52 Å². The van der Waals surface area contributed by atoms with Crippen LogP contribution in [0.5, 0.6) is 0 Å². The molecule has 90 valence electrons. The van der Waals surface area contributed by atoms with Crippen LogP contribution in [0.25, 0.3) is 22.4 Å². The maximum absolute atomic E-state index is 10.7. The summed E-state index contributed by atoms with van der Waals surface area (Å²) in [6.07, 6.45) is 1.68. The molecule has 0 aliphatic heterocycles. The van der Waals surface area contributed by atoms with Crippen molar-refractivity contribution < 1.29 is 14.3 Å². The van der Waals surface area contributed by atoms with Gasteiger partial charge in [-0.25, -0.2) is 9.78 Å². The number of aromatic carboxylic acids is 1. The fourth-order valence-corrected chi connectivity index (χ4v) is 1.78. The average molecular weight is 243 g/mol. The third-order valence-electron chi connectivity index (χ3n) is 2.71. The second-order valence-electron chi connectivity index (χ2n) is 3.94. The number of hydrogen-bond donors (Lipinski definition) is 2. The summed E-state index contributed by atoms with van der Waals surface area (Å²) < 4.78 is 5.34. The molecular weight excluding hydrogens is 234 g/mol. The average Bonchev–Trinajstić information content (AvgIpc) is 2.96. The Labute approximate surface area is 101 Å². The summed E-state index contributed by atoms with van der Waals surface area (Å²) in [7, 11) is 0. The number of carbonyl (C=O) groups is 1. The highest BCUT2D eigenvalue weighted by Crippen LogP contribution is 2.25. The van der Waals surface area contributed by atoms with Crippen LogP contribution in [-0.4, -0.2) is 26.3 Å². The molecule has 0 radical (unpaired) electrons. The van der Waals surface area contributed by atoms with E-state index >= 15 is 0 Å². The van der Waals surface area contributed by atoms with E-state index < -0.39 is 5.97 Å². The SMILES string of the molecule is Cc1coc2ccc(-c3n[nH]c(C(=O)O)n3)cc12. The molecule has 0 fully saturated rings. The van der Waals surface area contributed by atoms with E-state index in [0.29, 0.717) is 5.82 Å². The van der Waals surface area contributed by atoms with Crippen molar-refractivity contribution in [1.82, 2.24) is 15.2 Å². The zero-order valence-corrected chi connectivity index (χ0v) is 9.47. The molecule has 6 heteroatoms. The maximum Gasteiger partial charge on any atom is 0.373 e. The Bertz CT molecular complexity index is 742. The number of H-pyrrole nitrogens is 1. The lowest BCUT2D eigenvalue weighted by atomic mass is 10.1. The van der Waals surface area contributed by atoms with Gasteiger partial charge in [0.25, 0.3) is 0 Å². The third-order valence-corrected chi connectivity index (χ3v) is 2.71. The van der Waals surface area contributed by atoms with Gasteiger partial charge in [-0.15, -0.1) is 0 Å². The molecule has 3 rings (SSSR count). The van der Waals surface area contributed by atoms with Crippen molar-refractivity contribution in [3.8, 4) is 11.4 Å². The number of aryl methyl sites for hydroxylation is 1. The molecule has 0 bridgehead atoms. The van der Waals surface area contributed by atoms with Crippen LogP contribution in [0, 0.1) is 6.92 Å². The quantitative estimate of drug-likeness (QED) is 0.720. The predicted molar refractivity (Wildman–Crippen MR) is 63.3 cm³/mol. The number of rotatable bonds is 2. The number of aromatic amines is 1. The first kappa shape index (κ1) is 10.5. The molecule has 0 unspecified atom stereocenters. The van der Waals surface area contributed by atoms with Gasteiger partial charge in [0.15, 0.2) is 5.82 Å². The van der Waals surface area contributed by atoms with E-state index in [2.05, 4.69) is 15.2 Å². The van der Waals surface area contributed by atoms with E-state index in [1.54, 1.807) is 12.3 Å². The van der Waals surface area contributed by atoms with Gasteiger partial charge in [-0.2, -0.15) is 5.10 Å². The molecule has 1 aromatic carbocycles. The monoisotopic (exact) mass is 243 g/mol. The van der Waals surface area contributed by atoms with Crippen molar-refractivity contribution in [3.63, 3.8) is 0 Å². The Hall–Kier alpha value is -2.63. The normalized spacial score (nSPS) is 10.9. The van der Waals surface area contributed by atoms with Crippen molar-refractivity contribution >= 4 is 16.9 Å². The largest absolute Gasteiger partial charge is 0.475 e. The predicted octanol–water partition coefficient (Wildman–Crippen LogP) is 2.22. The highest BCUT2D eigenvalue weighted by molar-refractivity contribution is 5.86. The molecule has 0 aliphatic rings. The molecule has 0 saturated heterocycles. The van der Waals surface area contributed by atoms with Crippen molar-refractivity contribution in [2.24, 2.45) is 0 Å². The summed E-state index contributed by atoms with van der Waals surface area (Å²) in [6, 6.07) is 5.48.